The second kappa shape index (κ2) is 3.14. The van der Waals surface area contributed by atoms with Crippen molar-refractivity contribution in [2.75, 3.05) is 0 Å². The maximum absolute atomic E-state index is 10.8. The Kier molecular flexibility index (Phi) is 1.96. The average Bonchev–Trinajstić information content (AvgIpc) is 2.59. The molecule has 0 unspecified atom stereocenters. The molecule has 14 heavy (non-hydrogen) atoms. The molecular formula is C10H9NO3. The van der Waals surface area contributed by atoms with Gasteiger partial charge in [-0.1, -0.05) is 12.1 Å². The first-order valence-electron chi connectivity index (χ1n) is 4.26. The van der Waals surface area contributed by atoms with Crippen molar-refractivity contribution in [2.24, 2.45) is 0 Å². The third-order valence-electron chi connectivity index (χ3n) is 2.39. The van der Waals surface area contributed by atoms with Crippen LogP contribution in [0, 0.1) is 0 Å². The first kappa shape index (κ1) is 8.74. The number of nitrogens with zero attached hydrogens (tertiary/aromatic N) is 1. The van der Waals surface area contributed by atoms with Crippen LogP contribution in [0.1, 0.15) is 21.5 Å². The van der Waals surface area contributed by atoms with E-state index in [1.54, 1.807) is 17.0 Å². The van der Waals surface area contributed by atoms with Crippen molar-refractivity contribution >= 4 is 12.4 Å². The van der Waals surface area contributed by atoms with E-state index in [0.29, 0.717) is 18.7 Å². The average molecular weight is 191 g/mol. The summed E-state index contributed by atoms with van der Waals surface area (Å²) in [7, 11) is 0. The molecule has 0 saturated heterocycles. The molecule has 1 N–H and O–H groups in total. The van der Waals surface area contributed by atoms with E-state index in [1.807, 2.05) is 6.07 Å². The zero-order chi connectivity index (χ0) is 10.1. The minimum absolute atomic E-state index is 0.298. The van der Waals surface area contributed by atoms with Crippen LogP contribution in [0.25, 0.3) is 0 Å². The highest BCUT2D eigenvalue weighted by atomic mass is 16.4. The number of hydrogen-bond acceptors (Lipinski definition) is 2. The van der Waals surface area contributed by atoms with Crippen LogP contribution in [0.15, 0.2) is 18.2 Å². The van der Waals surface area contributed by atoms with E-state index in [0.717, 1.165) is 17.5 Å². The number of carboxylic acids is 1. The summed E-state index contributed by atoms with van der Waals surface area (Å²) < 4.78 is 0. The van der Waals surface area contributed by atoms with E-state index >= 15 is 0 Å². The number of hydrogen-bond donors (Lipinski definition) is 1. The highest BCUT2D eigenvalue weighted by Crippen LogP contribution is 2.24. The number of carboxylic acid groups (broad SMARTS) is 1. The van der Waals surface area contributed by atoms with E-state index in [1.165, 1.54) is 0 Å². The third kappa shape index (κ3) is 1.25. The Hall–Kier alpha value is -1.84. The Bertz CT molecular complexity index is 400. The SMILES string of the molecule is O=CN1Cc2cccc(C(=O)O)c2C1. The van der Waals surface area contributed by atoms with Crippen molar-refractivity contribution < 1.29 is 14.7 Å². The third-order valence-corrected chi connectivity index (χ3v) is 2.39. The standard InChI is InChI=1S/C10H9NO3/c12-6-11-4-7-2-1-3-8(10(13)14)9(7)5-11/h1-3,6H,4-5H2,(H,13,14). The Labute approximate surface area is 80.8 Å². The lowest BCUT2D eigenvalue weighted by Crippen LogP contribution is -2.13. The Morgan fingerprint density at radius 1 is 1.43 bits per heavy atom. The summed E-state index contributed by atoms with van der Waals surface area (Å²) >= 11 is 0. The zero-order valence-electron chi connectivity index (χ0n) is 7.43. The normalized spacial score (nSPS) is 13.9. The van der Waals surface area contributed by atoms with E-state index in [4.69, 9.17) is 5.11 Å². The van der Waals surface area contributed by atoms with Gasteiger partial charge in [0, 0.05) is 13.1 Å². The molecule has 0 aromatic heterocycles. The molecule has 0 spiro atoms. The second-order valence-corrected chi connectivity index (χ2v) is 3.26. The molecule has 2 rings (SSSR count). The van der Waals surface area contributed by atoms with Gasteiger partial charge in [0.1, 0.15) is 0 Å². The Morgan fingerprint density at radius 3 is 2.86 bits per heavy atom. The molecule has 4 nitrogen and oxygen atoms in total. The van der Waals surface area contributed by atoms with Crippen LogP contribution >= 0.6 is 0 Å². The Balaban J connectivity index is 2.46. The lowest BCUT2D eigenvalue weighted by atomic mass is 10.0. The molecule has 4 heteroatoms. The number of fused-ring (bicyclic) bond motifs is 1. The molecule has 0 fully saturated rings. The van der Waals surface area contributed by atoms with Gasteiger partial charge in [0.2, 0.25) is 6.41 Å². The van der Waals surface area contributed by atoms with Gasteiger partial charge >= 0.3 is 5.97 Å². The lowest BCUT2D eigenvalue weighted by molar-refractivity contribution is -0.118. The fourth-order valence-electron chi connectivity index (χ4n) is 1.72. The first-order valence-corrected chi connectivity index (χ1v) is 4.26. The van der Waals surface area contributed by atoms with Crippen LogP contribution in [0.4, 0.5) is 0 Å². The summed E-state index contributed by atoms with van der Waals surface area (Å²) in [5.74, 6) is -0.936. The van der Waals surface area contributed by atoms with Crippen molar-refractivity contribution in [3.8, 4) is 0 Å². The molecule has 0 bridgehead atoms. The topological polar surface area (TPSA) is 57.6 Å². The van der Waals surface area contributed by atoms with Crippen LogP contribution in [-0.4, -0.2) is 22.4 Å². The maximum Gasteiger partial charge on any atom is 0.336 e. The molecular weight excluding hydrogens is 182 g/mol. The molecule has 0 saturated carbocycles. The summed E-state index contributed by atoms with van der Waals surface area (Å²) in [6.07, 6.45) is 0.742. The highest BCUT2D eigenvalue weighted by molar-refractivity contribution is 5.90. The molecule has 0 aliphatic carbocycles. The van der Waals surface area contributed by atoms with Gasteiger partial charge in [-0.2, -0.15) is 0 Å². The van der Waals surface area contributed by atoms with Gasteiger partial charge in [0.25, 0.3) is 0 Å². The largest absolute Gasteiger partial charge is 0.478 e. The van der Waals surface area contributed by atoms with Crippen molar-refractivity contribution in [2.45, 2.75) is 13.1 Å². The van der Waals surface area contributed by atoms with Crippen molar-refractivity contribution in [3.63, 3.8) is 0 Å². The number of benzene rings is 1. The molecule has 0 atom stereocenters. The van der Waals surface area contributed by atoms with Gasteiger partial charge in [-0.15, -0.1) is 0 Å². The predicted molar refractivity (Wildman–Crippen MR) is 48.7 cm³/mol. The van der Waals surface area contributed by atoms with E-state index in [9.17, 15) is 9.59 Å². The minimum Gasteiger partial charge on any atom is -0.478 e. The monoisotopic (exact) mass is 191 g/mol. The number of rotatable bonds is 2. The van der Waals surface area contributed by atoms with Crippen molar-refractivity contribution in [1.29, 1.82) is 0 Å². The fraction of sp³-hybridized carbons (Fsp3) is 0.200. The molecule has 1 aromatic carbocycles. The molecule has 72 valence electrons. The van der Waals surface area contributed by atoms with Crippen LogP contribution in [0.5, 0.6) is 0 Å². The van der Waals surface area contributed by atoms with Crippen LogP contribution < -0.4 is 0 Å². The summed E-state index contributed by atoms with van der Waals surface area (Å²) in [5, 5.41) is 8.90. The molecule has 1 aliphatic rings. The number of carbonyl (C=O) groups is 2. The van der Waals surface area contributed by atoms with E-state index in [-0.39, 0.29) is 0 Å². The quantitative estimate of drug-likeness (QED) is 0.705. The van der Waals surface area contributed by atoms with Crippen molar-refractivity contribution in [3.05, 3.63) is 34.9 Å². The van der Waals surface area contributed by atoms with E-state index in [2.05, 4.69) is 0 Å². The molecule has 1 aliphatic heterocycles. The minimum atomic E-state index is -0.936. The van der Waals surface area contributed by atoms with Gasteiger partial charge < -0.3 is 10.0 Å². The first-order chi connectivity index (χ1) is 6.72. The van der Waals surface area contributed by atoms with Crippen LogP contribution in [-0.2, 0) is 17.9 Å². The molecule has 1 heterocycles. The maximum atomic E-state index is 10.8. The summed E-state index contributed by atoms with van der Waals surface area (Å²) in [4.78, 5) is 22.9. The summed E-state index contributed by atoms with van der Waals surface area (Å²) in [6.45, 7) is 0.918. The van der Waals surface area contributed by atoms with E-state index < -0.39 is 5.97 Å². The molecule has 1 amide bonds. The summed E-state index contributed by atoms with van der Waals surface area (Å²) in [5.41, 5.74) is 1.98. The fourth-order valence-corrected chi connectivity index (χ4v) is 1.72. The summed E-state index contributed by atoms with van der Waals surface area (Å²) in [6, 6.07) is 5.12. The van der Waals surface area contributed by atoms with Gasteiger partial charge in [0.15, 0.2) is 0 Å². The predicted octanol–water partition coefficient (Wildman–Crippen LogP) is 0.857. The number of carbonyl (C=O) groups excluding carboxylic acids is 1. The van der Waals surface area contributed by atoms with Crippen molar-refractivity contribution in [1.82, 2.24) is 4.90 Å². The van der Waals surface area contributed by atoms with Gasteiger partial charge in [-0.05, 0) is 17.2 Å². The molecule has 1 aromatic rings. The Morgan fingerprint density at radius 2 is 2.21 bits per heavy atom. The van der Waals surface area contributed by atoms with Crippen LogP contribution in [0.2, 0.25) is 0 Å². The number of aromatic carboxylic acids is 1. The smallest absolute Gasteiger partial charge is 0.336 e. The molecule has 0 radical (unpaired) electrons. The highest BCUT2D eigenvalue weighted by Gasteiger charge is 2.22. The van der Waals surface area contributed by atoms with Gasteiger partial charge in [-0.25, -0.2) is 4.79 Å². The van der Waals surface area contributed by atoms with Crippen LogP contribution in [0.3, 0.4) is 0 Å². The number of amides is 1. The van der Waals surface area contributed by atoms with Gasteiger partial charge in [-0.3, -0.25) is 4.79 Å². The lowest BCUT2D eigenvalue weighted by Gasteiger charge is -2.05. The van der Waals surface area contributed by atoms with Gasteiger partial charge in [0.05, 0.1) is 5.56 Å². The zero-order valence-corrected chi connectivity index (χ0v) is 7.43. The second-order valence-electron chi connectivity index (χ2n) is 3.26.